The van der Waals surface area contributed by atoms with Crippen LogP contribution >= 0.6 is 11.8 Å². The van der Waals surface area contributed by atoms with E-state index in [2.05, 4.69) is 30.3 Å². The highest BCUT2D eigenvalue weighted by Crippen LogP contribution is 2.08. The van der Waals surface area contributed by atoms with Crippen molar-refractivity contribution >= 4 is 37.8 Å². The predicted octanol–water partition coefficient (Wildman–Crippen LogP) is 3.39. The number of hydrogen-bond donors (Lipinski definition) is 2. The maximum Gasteiger partial charge on any atom is 0.408 e. The van der Waals surface area contributed by atoms with Crippen LogP contribution in [0.25, 0.3) is 0 Å². The Labute approximate surface area is 196 Å². The Bertz CT molecular complexity index is 714. The van der Waals surface area contributed by atoms with E-state index < -0.39 is 38.1 Å². The first-order chi connectivity index (χ1) is 15.1. The number of thioether (sulfide) groups is 1. The van der Waals surface area contributed by atoms with E-state index in [1.165, 1.54) is 6.92 Å². The summed E-state index contributed by atoms with van der Waals surface area (Å²) < 4.78 is 15.6. The zero-order valence-corrected chi connectivity index (χ0v) is 21.5. The van der Waals surface area contributed by atoms with Crippen LogP contribution in [0.4, 0.5) is 4.79 Å². The van der Waals surface area contributed by atoms with Gasteiger partial charge in [-0.1, -0.05) is 50.0 Å². The molecule has 0 aliphatic rings. The fourth-order valence-corrected chi connectivity index (χ4v) is 3.67. The smallest absolute Gasteiger partial charge is 0.408 e. The number of benzene rings is 1. The van der Waals surface area contributed by atoms with Gasteiger partial charge in [0.25, 0.3) is 0 Å². The Morgan fingerprint density at radius 2 is 1.75 bits per heavy atom. The van der Waals surface area contributed by atoms with Gasteiger partial charge in [-0.15, -0.1) is 0 Å². The molecule has 1 aromatic rings. The number of esters is 1. The topological polar surface area (TPSA) is 103 Å². The first-order valence-electron chi connectivity index (χ1n) is 10.6. The van der Waals surface area contributed by atoms with Crippen LogP contribution in [0, 0.1) is 0 Å². The molecule has 0 radical (unpaired) electrons. The van der Waals surface area contributed by atoms with Crippen LogP contribution in [-0.2, 0) is 30.4 Å². The average Bonchev–Trinajstić information content (AvgIpc) is 2.74. The molecule has 180 valence electrons. The van der Waals surface area contributed by atoms with Crippen LogP contribution in [-0.4, -0.2) is 63.5 Å². The molecule has 1 aromatic carbocycles. The van der Waals surface area contributed by atoms with Gasteiger partial charge >= 0.3 is 12.1 Å². The van der Waals surface area contributed by atoms with Crippen molar-refractivity contribution in [1.29, 1.82) is 0 Å². The van der Waals surface area contributed by atoms with Gasteiger partial charge in [-0.2, -0.15) is 11.8 Å². The lowest BCUT2D eigenvalue weighted by atomic mass is 10.2. The normalized spacial score (nSPS) is 13.0. The number of alkyl carbamates (subject to hydrolysis) is 1. The molecule has 1 rings (SSSR count). The quantitative estimate of drug-likeness (QED) is 0.181. The third kappa shape index (κ3) is 12.7. The molecule has 0 aromatic heterocycles. The maximum absolute atomic E-state index is 12.6. The van der Waals surface area contributed by atoms with Gasteiger partial charge in [-0.05, 0) is 37.0 Å². The minimum atomic E-state index is -1.21. The van der Waals surface area contributed by atoms with Gasteiger partial charge in [0, 0.05) is 14.7 Å². The van der Waals surface area contributed by atoms with Crippen molar-refractivity contribution in [3.63, 3.8) is 0 Å². The van der Waals surface area contributed by atoms with Crippen molar-refractivity contribution in [2.75, 3.05) is 25.4 Å². The van der Waals surface area contributed by atoms with Gasteiger partial charge < -0.3 is 24.8 Å². The molecular weight excluding hydrogens is 448 g/mol. The van der Waals surface area contributed by atoms with Gasteiger partial charge in [0.2, 0.25) is 5.91 Å². The number of rotatable bonds is 14. The van der Waals surface area contributed by atoms with Crippen molar-refractivity contribution < 1.29 is 28.6 Å². The van der Waals surface area contributed by atoms with Gasteiger partial charge in [0.15, 0.2) is 6.79 Å². The highest BCUT2D eigenvalue weighted by Gasteiger charge is 2.25. The molecular formula is C22H36N2O6SSi. The van der Waals surface area contributed by atoms with E-state index in [0.717, 1.165) is 11.6 Å². The largest absolute Gasteiger partial charge is 0.445 e. The van der Waals surface area contributed by atoms with E-state index in [0.29, 0.717) is 18.8 Å². The summed E-state index contributed by atoms with van der Waals surface area (Å²) in [5.74, 6) is -0.415. The summed E-state index contributed by atoms with van der Waals surface area (Å²) in [6.07, 6.45) is 1.61. The minimum Gasteiger partial charge on any atom is -0.445 e. The molecule has 0 unspecified atom stereocenters. The van der Waals surface area contributed by atoms with Crippen molar-refractivity contribution in [1.82, 2.24) is 10.6 Å². The summed E-state index contributed by atoms with van der Waals surface area (Å²) in [4.78, 5) is 36.9. The summed E-state index contributed by atoms with van der Waals surface area (Å²) in [6, 6.07) is 8.53. The number of nitrogens with one attached hydrogen (secondary N) is 2. The van der Waals surface area contributed by atoms with Crippen molar-refractivity contribution in [2.24, 2.45) is 0 Å². The molecule has 0 aliphatic heterocycles. The molecule has 0 heterocycles. The number of carbonyl (C=O) groups excluding carboxylic acids is 3. The van der Waals surface area contributed by atoms with E-state index in [9.17, 15) is 14.4 Å². The molecule has 2 amide bonds. The number of hydrogen-bond acceptors (Lipinski definition) is 7. The first kappa shape index (κ1) is 28.0. The first-order valence-corrected chi connectivity index (χ1v) is 15.7. The summed E-state index contributed by atoms with van der Waals surface area (Å²) >= 11 is 1.55. The second-order valence-electron chi connectivity index (χ2n) is 8.57. The van der Waals surface area contributed by atoms with Crippen LogP contribution in [0.1, 0.15) is 18.9 Å². The summed E-state index contributed by atoms with van der Waals surface area (Å²) in [5.41, 5.74) is 0.844. The van der Waals surface area contributed by atoms with Crippen LogP contribution in [0.3, 0.4) is 0 Å². The zero-order chi connectivity index (χ0) is 24.0. The SMILES string of the molecule is CSCC[C@H](NC(=O)OCc1ccccc1)C(=O)N[C@@H](C)C(=O)OCOCC[Si](C)(C)C. The molecule has 0 fully saturated rings. The number of amides is 2. The van der Waals surface area contributed by atoms with E-state index in [-0.39, 0.29) is 13.4 Å². The molecule has 0 aliphatic carbocycles. The lowest BCUT2D eigenvalue weighted by Crippen LogP contribution is -2.51. The maximum atomic E-state index is 12.6. The molecule has 0 bridgehead atoms. The number of ether oxygens (including phenoxy) is 3. The second kappa shape index (κ2) is 14.9. The molecule has 32 heavy (non-hydrogen) atoms. The standard InChI is InChI=1S/C22H36N2O6SSi/c1-17(21(26)30-16-28-12-14-32(3,4)5)23-20(25)19(11-13-31-2)24-22(27)29-15-18-9-7-6-8-10-18/h6-10,17,19H,11-16H2,1-5H3,(H,23,25)(H,24,27)/t17-,19-/m0/s1. The minimum absolute atomic E-state index is 0.101. The molecule has 0 saturated heterocycles. The molecule has 2 atom stereocenters. The Balaban J connectivity index is 2.46. The lowest BCUT2D eigenvalue weighted by Gasteiger charge is -2.20. The Morgan fingerprint density at radius 1 is 1.06 bits per heavy atom. The average molecular weight is 485 g/mol. The van der Waals surface area contributed by atoms with Gasteiger partial charge in [-0.3, -0.25) is 4.79 Å². The van der Waals surface area contributed by atoms with E-state index in [1.807, 2.05) is 36.6 Å². The van der Waals surface area contributed by atoms with Crippen LogP contribution < -0.4 is 10.6 Å². The highest BCUT2D eigenvalue weighted by molar-refractivity contribution is 7.98. The fourth-order valence-electron chi connectivity index (χ4n) is 2.45. The van der Waals surface area contributed by atoms with Crippen molar-refractivity contribution in [2.45, 2.75) is 57.7 Å². The predicted molar refractivity (Wildman–Crippen MR) is 129 cm³/mol. The molecule has 0 spiro atoms. The van der Waals surface area contributed by atoms with E-state index in [4.69, 9.17) is 14.2 Å². The monoisotopic (exact) mass is 484 g/mol. The van der Waals surface area contributed by atoms with Crippen molar-refractivity contribution in [3.05, 3.63) is 35.9 Å². The third-order valence-electron chi connectivity index (χ3n) is 4.43. The van der Waals surface area contributed by atoms with Gasteiger partial charge in [0.05, 0.1) is 0 Å². The van der Waals surface area contributed by atoms with Crippen LogP contribution in [0.2, 0.25) is 25.7 Å². The number of carbonyl (C=O) groups is 3. The molecule has 10 heteroatoms. The summed E-state index contributed by atoms with van der Waals surface area (Å²) in [7, 11) is -1.21. The van der Waals surface area contributed by atoms with E-state index >= 15 is 0 Å². The van der Waals surface area contributed by atoms with Crippen molar-refractivity contribution in [3.8, 4) is 0 Å². The third-order valence-corrected chi connectivity index (χ3v) is 6.77. The Kier molecular flexibility index (Phi) is 13.0. The van der Waals surface area contributed by atoms with Gasteiger partial charge in [0.1, 0.15) is 18.7 Å². The van der Waals surface area contributed by atoms with Gasteiger partial charge in [-0.25, -0.2) is 9.59 Å². The molecule has 2 N–H and O–H groups in total. The fraction of sp³-hybridized carbons (Fsp3) is 0.591. The highest BCUT2D eigenvalue weighted by atomic mass is 32.2. The second-order valence-corrected chi connectivity index (χ2v) is 15.2. The van der Waals surface area contributed by atoms with Crippen LogP contribution in [0.5, 0.6) is 0 Å². The Morgan fingerprint density at radius 3 is 2.38 bits per heavy atom. The Hall–Kier alpha value is -2.04. The summed E-state index contributed by atoms with van der Waals surface area (Å²) in [5, 5.41) is 5.17. The zero-order valence-electron chi connectivity index (χ0n) is 19.6. The molecule has 0 saturated carbocycles. The lowest BCUT2D eigenvalue weighted by molar-refractivity contribution is -0.159. The van der Waals surface area contributed by atoms with Crippen LogP contribution in [0.15, 0.2) is 30.3 Å². The summed E-state index contributed by atoms with van der Waals surface area (Å²) in [6.45, 7) is 8.72. The van der Waals surface area contributed by atoms with E-state index in [1.54, 1.807) is 11.8 Å². The molecule has 8 nitrogen and oxygen atoms in total.